The Morgan fingerprint density at radius 3 is 2.44 bits per heavy atom. The van der Waals surface area contributed by atoms with Crippen molar-refractivity contribution in [2.45, 2.75) is 19.8 Å². The highest BCUT2D eigenvalue weighted by Gasteiger charge is 1.94. The fraction of sp³-hybridized carbons (Fsp3) is 0.333. The Hall–Kier alpha value is -0.780. The summed E-state index contributed by atoms with van der Waals surface area (Å²) < 4.78 is 0. The van der Waals surface area contributed by atoms with Gasteiger partial charge in [-0.15, -0.1) is 0 Å². The van der Waals surface area contributed by atoms with E-state index in [1.807, 2.05) is 18.2 Å². The zero-order valence-electron chi connectivity index (χ0n) is 5.89. The maximum absolute atomic E-state index is 3.17. The fourth-order valence-electron chi connectivity index (χ4n) is 0.766. The molecule has 0 aromatic heterocycles. The lowest BCUT2D eigenvalue weighted by Gasteiger charge is -2.01. The monoisotopic (exact) mass is 119 g/mol. The molecule has 0 fully saturated rings. The van der Waals surface area contributed by atoms with Gasteiger partial charge in [0.05, 0.1) is 0 Å². The van der Waals surface area contributed by atoms with E-state index >= 15 is 0 Å². The summed E-state index contributed by atoms with van der Waals surface area (Å²) in [6.07, 6.45) is 0. The lowest BCUT2D eigenvalue weighted by atomic mass is 10.0. The Bertz CT molecular complexity index is 163. The van der Waals surface area contributed by atoms with Gasteiger partial charge in [0.15, 0.2) is 0 Å². The van der Waals surface area contributed by atoms with Crippen LogP contribution < -0.4 is 0 Å². The lowest BCUT2D eigenvalue weighted by molar-refractivity contribution is 0.865. The minimum absolute atomic E-state index is 0.603. The Balaban J connectivity index is 2.85. The zero-order valence-corrected chi connectivity index (χ0v) is 5.89. The average molecular weight is 119 g/mol. The third-order valence-corrected chi connectivity index (χ3v) is 1.36. The highest BCUT2D eigenvalue weighted by Crippen LogP contribution is 2.10. The van der Waals surface area contributed by atoms with Gasteiger partial charge in [0, 0.05) is 0 Å². The Morgan fingerprint density at radius 2 is 2.11 bits per heavy atom. The zero-order chi connectivity index (χ0) is 6.69. The predicted molar refractivity (Wildman–Crippen MR) is 39.4 cm³/mol. The molecule has 0 heterocycles. The summed E-state index contributed by atoms with van der Waals surface area (Å²) in [5.74, 6) is 0.603. The molecule has 1 aromatic carbocycles. The summed E-state index contributed by atoms with van der Waals surface area (Å²) in [5, 5.41) is 0. The summed E-state index contributed by atoms with van der Waals surface area (Å²) in [4.78, 5) is 0. The molecule has 9 heavy (non-hydrogen) atoms. The molecule has 0 spiro atoms. The van der Waals surface area contributed by atoms with Crippen molar-refractivity contribution in [1.82, 2.24) is 0 Å². The molecule has 1 radical (unpaired) electrons. The van der Waals surface area contributed by atoms with Gasteiger partial charge in [-0.3, -0.25) is 0 Å². The highest BCUT2D eigenvalue weighted by atomic mass is 14.0. The van der Waals surface area contributed by atoms with Crippen molar-refractivity contribution in [1.29, 1.82) is 0 Å². The first-order valence-electron chi connectivity index (χ1n) is 3.27. The van der Waals surface area contributed by atoms with Crippen LogP contribution >= 0.6 is 0 Å². The molecule has 0 aliphatic rings. The van der Waals surface area contributed by atoms with Crippen LogP contribution in [0.3, 0.4) is 0 Å². The van der Waals surface area contributed by atoms with Crippen molar-refractivity contribution >= 4 is 0 Å². The van der Waals surface area contributed by atoms with Crippen LogP contribution in [0.1, 0.15) is 25.3 Å². The van der Waals surface area contributed by atoms with E-state index in [-0.39, 0.29) is 0 Å². The van der Waals surface area contributed by atoms with Gasteiger partial charge in [0.1, 0.15) is 0 Å². The SMILES string of the molecule is CC(C)c1[c]cccc1. The molecule has 47 valence electrons. The molecule has 0 aliphatic carbocycles. The van der Waals surface area contributed by atoms with Crippen molar-refractivity contribution in [3.8, 4) is 0 Å². The van der Waals surface area contributed by atoms with Crippen LogP contribution in [-0.2, 0) is 0 Å². The summed E-state index contributed by atoms with van der Waals surface area (Å²) in [6, 6.07) is 11.3. The van der Waals surface area contributed by atoms with E-state index in [4.69, 9.17) is 0 Å². The minimum Gasteiger partial charge on any atom is -0.0619 e. The molecule has 0 saturated carbocycles. The Morgan fingerprint density at radius 1 is 1.33 bits per heavy atom. The molecule has 0 N–H and O–H groups in total. The second-order valence-corrected chi connectivity index (χ2v) is 2.47. The second-order valence-electron chi connectivity index (χ2n) is 2.47. The number of hydrogen-bond acceptors (Lipinski definition) is 0. The van der Waals surface area contributed by atoms with Crippen LogP contribution in [0.4, 0.5) is 0 Å². The van der Waals surface area contributed by atoms with Crippen LogP contribution in [0.2, 0.25) is 0 Å². The maximum atomic E-state index is 3.17. The molecule has 0 saturated heterocycles. The van der Waals surface area contributed by atoms with E-state index in [1.54, 1.807) is 0 Å². The minimum atomic E-state index is 0.603. The van der Waals surface area contributed by atoms with Crippen molar-refractivity contribution in [3.63, 3.8) is 0 Å². The van der Waals surface area contributed by atoms with Crippen molar-refractivity contribution in [3.05, 3.63) is 35.9 Å². The van der Waals surface area contributed by atoms with Crippen LogP contribution in [0.5, 0.6) is 0 Å². The van der Waals surface area contributed by atoms with Gasteiger partial charge in [0.25, 0.3) is 0 Å². The maximum Gasteiger partial charge on any atom is -0.0146 e. The molecule has 0 atom stereocenters. The van der Waals surface area contributed by atoms with E-state index in [1.165, 1.54) is 5.56 Å². The van der Waals surface area contributed by atoms with Gasteiger partial charge in [-0.25, -0.2) is 0 Å². The molecule has 0 nitrogen and oxygen atoms in total. The topological polar surface area (TPSA) is 0 Å². The van der Waals surface area contributed by atoms with Gasteiger partial charge < -0.3 is 0 Å². The summed E-state index contributed by atoms with van der Waals surface area (Å²) in [5.41, 5.74) is 1.29. The van der Waals surface area contributed by atoms with Crippen molar-refractivity contribution in [2.75, 3.05) is 0 Å². The second kappa shape index (κ2) is 2.67. The van der Waals surface area contributed by atoms with Crippen molar-refractivity contribution < 1.29 is 0 Å². The predicted octanol–water partition coefficient (Wildman–Crippen LogP) is 2.61. The van der Waals surface area contributed by atoms with Gasteiger partial charge in [-0.2, -0.15) is 0 Å². The van der Waals surface area contributed by atoms with Crippen LogP contribution in [0.25, 0.3) is 0 Å². The number of hydrogen-bond donors (Lipinski definition) is 0. The summed E-state index contributed by atoms with van der Waals surface area (Å²) in [7, 11) is 0. The third-order valence-electron chi connectivity index (χ3n) is 1.36. The van der Waals surface area contributed by atoms with E-state index in [2.05, 4.69) is 26.0 Å². The molecule has 0 bridgehead atoms. The van der Waals surface area contributed by atoms with Crippen LogP contribution in [0, 0.1) is 6.07 Å². The molecule has 0 heteroatoms. The standard InChI is InChI=1S/C9H11/c1-8(2)9-6-4-3-5-7-9/h3-6,8H,1-2H3. The fourth-order valence-corrected chi connectivity index (χ4v) is 0.766. The molecular weight excluding hydrogens is 108 g/mol. The molecule has 1 aromatic rings. The Labute approximate surface area is 56.5 Å². The average Bonchev–Trinajstić information content (AvgIpc) is 1.90. The largest absolute Gasteiger partial charge is 0.0619 e. The first-order valence-corrected chi connectivity index (χ1v) is 3.27. The van der Waals surface area contributed by atoms with Gasteiger partial charge >= 0.3 is 0 Å². The van der Waals surface area contributed by atoms with E-state index in [0.29, 0.717) is 5.92 Å². The molecule has 0 amide bonds. The molecule has 1 rings (SSSR count). The highest BCUT2D eigenvalue weighted by molar-refractivity contribution is 5.15. The quantitative estimate of drug-likeness (QED) is 0.533. The van der Waals surface area contributed by atoms with Gasteiger partial charge in [-0.05, 0) is 17.5 Å². The number of benzene rings is 1. The van der Waals surface area contributed by atoms with Crippen LogP contribution in [0.15, 0.2) is 24.3 Å². The van der Waals surface area contributed by atoms with E-state index in [0.717, 1.165) is 0 Å². The van der Waals surface area contributed by atoms with Gasteiger partial charge in [0.2, 0.25) is 0 Å². The van der Waals surface area contributed by atoms with Crippen LogP contribution in [-0.4, -0.2) is 0 Å². The molecule has 0 aliphatic heterocycles. The summed E-state index contributed by atoms with van der Waals surface area (Å²) in [6.45, 7) is 4.34. The van der Waals surface area contributed by atoms with Gasteiger partial charge in [-0.1, -0.05) is 38.1 Å². The summed E-state index contributed by atoms with van der Waals surface area (Å²) >= 11 is 0. The smallest absolute Gasteiger partial charge is 0.0146 e. The first kappa shape index (κ1) is 6.34. The third kappa shape index (κ3) is 1.56. The molecular formula is C9H11. The van der Waals surface area contributed by atoms with E-state index < -0.39 is 0 Å². The number of rotatable bonds is 1. The normalized spacial score (nSPS) is 10.1. The Kier molecular flexibility index (Phi) is 1.88. The first-order chi connectivity index (χ1) is 4.30. The molecule has 0 unspecified atom stereocenters. The van der Waals surface area contributed by atoms with E-state index in [9.17, 15) is 0 Å². The lowest BCUT2D eigenvalue weighted by Crippen LogP contribution is -1.84. The van der Waals surface area contributed by atoms with Crippen molar-refractivity contribution in [2.24, 2.45) is 0 Å².